The normalized spacial score (nSPS) is 11.0. The van der Waals surface area contributed by atoms with E-state index in [0.29, 0.717) is 6.54 Å². The zero-order valence-corrected chi connectivity index (χ0v) is 10.0. The number of benzene rings is 1. The SMILES string of the molecule is FC(F)c1cccc(CNCc2cccs2)c1. The molecule has 17 heavy (non-hydrogen) atoms. The Labute approximate surface area is 103 Å². The van der Waals surface area contributed by atoms with Crippen molar-refractivity contribution in [2.75, 3.05) is 0 Å². The average molecular weight is 253 g/mol. The summed E-state index contributed by atoms with van der Waals surface area (Å²) in [7, 11) is 0. The highest BCUT2D eigenvalue weighted by Gasteiger charge is 2.06. The van der Waals surface area contributed by atoms with Crippen LogP contribution >= 0.6 is 11.3 Å². The van der Waals surface area contributed by atoms with Crippen molar-refractivity contribution in [3.8, 4) is 0 Å². The van der Waals surface area contributed by atoms with E-state index in [1.54, 1.807) is 23.5 Å². The van der Waals surface area contributed by atoms with E-state index in [0.717, 1.165) is 12.1 Å². The van der Waals surface area contributed by atoms with Crippen molar-refractivity contribution < 1.29 is 8.78 Å². The molecule has 2 rings (SSSR count). The van der Waals surface area contributed by atoms with Crippen LogP contribution in [0.2, 0.25) is 0 Å². The first kappa shape index (κ1) is 12.2. The Hall–Kier alpha value is -1.26. The van der Waals surface area contributed by atoms with Gasteiger partial charge in [-0.1, -0.05) is 24.3 Å². The highest BCUT2D eigenvalue weighted by atomic mass is 32.1. The van der Waals surface area contributed by atoms with Gasteiger partial charge in [0.15, 0.2) is 0 Å². The topological polar surface area (TPSA) is 12.0 Å². The van der Waals surface area contributed by atoms with Gasteiger partial charge >= 0.3 is 0 Å². The molecule has 1 aromatic carbocycles. The third-order valence-electron chi connectivity index (χ3n) is 2.41. The maximum Gasteiger partial charge on any atom is 0.263 e. The quantitative estimate of drug-likeness (QED) is 0.850. The van der Waals surface area contributed by atoms with Crippen LogP contribution in [0.3, 0.4) is 0 Å². The molecule has 0 aliphatic carbocycles. The molecule has 0 fully saturated rings. The molecule has 0 spiro atoms. The van der Waals surface area contributed by atoms with Crippen LogP contribution in [-0.4, -0.2) is 0 Å². The molecule has 1 nitrogen and oxygen atoms in total. The summed E-state index contributed by atoms with van der Waals surface area (Å²) in [5, 5.41) is 5.26. The highest BCUT2D eigenvalue weighted by Crippen LogP contribution is 2.19. The van der Waals surface area contributed by atoms with Gasteiger partial charge < -0.3 is 5.32 Å². The predicted octanol–water partition coefficient (Wildman–Crippen LogP) is 3.98. The summed E-state index contributed by atoms with van der Waals surface area (Å²) in [6, 6.07) is 10.6. The van der Waals surface area contributed by atoms with Crippen LogP contribution < -0.4 is 5.32 Å². The fourth-order valence-corrected chi connectivity index (χ4v) is 2.26. The Bertz CT molecular complexity index is 454. The first-order valence-electron chi connectivity index (χ1n) is 5.36. The molecule has 0 bridgehead atoms. The summed E-state index contributed by atoms with van der Waals surface area (Å²) in [6.07, 6.45) is -2.40. The fourth-order valence-electron chi connectivity index (χ4n) is 1.58. The molecular formula is C13H13F2NS. The molecule has 0 saturated heterocycles. The van der Waals surface area contributed by atoms with Crippen molar-refractivity contribution in [3.05, 3.63) is 57.8 Å². The van der Waals surface area contributed by atoms with Gasteiger partial charge in [0.05, 0.1) is 0 Å². The monoisotopic (exact) mass is 253 g/mol. The van der Waals surface area contributed by atoms with Gasteiger partial charge in [0.2, 0.25) is 0 Å². The summed E-state index contributed by atoms with van der Waals surface area (Å²) in [5.41, 5.74) is 0.972. The van der Waals surface area contributed by atoms with E-state index in [9.17, 15) is 8.78 Å². The maximum atomic E-state index is 12.5. The molecule has 4 heteroatoms. The number of nitrogens with one attached hydrogen (secondary N) is 1. The van der Waals surface area contributed by atoms with Crippen LogP contribution in [0.4, 0.5) is 8.78 Å². The van der Waals surface area contributed by atoms with E-state index in [-0.39, 0.29) is 5.56 Å². The number of hydrogen-bond donors (Lipinski definition) is 1. The third kappa shape index (κ3) is 3.61. The van der Waals surface area contributed by atoms with Gasteiger partial charge in [0, 0.05) is 23.5 Å². The highest BCUT2D eigenvalue weighted by molar-refractivity contribution is 7.09. The molecule has 1 heterocycles. The average Bonchev–Trinajstić information content (AvgIpc) is 2.82. The second-order valence-corrected chi connectivity index (χ2v) is 4.76. The minimum Gasteiger partial charge on any atom is -0.308 e. The summed E-state index contributed by atoms with van der Waals surface area (Å²) >= 11 is 1.68. The zero-order valence-electron chi connectivity index (χ0n) is 9.20. The van der Waals surface area contributed by atoms with E-state index in [1.807, 2.05) is 23.6 Å². The van der Waals surface area contributed by atoms with Gasteiger partial charge in [0.1, 0.15) is 0 Å². The molecule has 0 atom stereocenters. The molecular weight excluding hydrogens is 240 g/mol. The molecule has 2 aromatic rings. The van der Waals surface area contributed by atoms with Gasteiger partial charge in [-0.15, -0.1) is 11.3 Å². The number of alkyl halides is 2. The lowest BCUT2D eigenvalue weighted by atomic mass is 10.1. The van der Waals surface area contributed by atoms with Crippen LogP contribution in [0.5, 0.6) is 0 Å². The van der Waals surface area contributed by atoms with E-state index in [4.69, 9.17) is 0 Å². The van der Waals surface area contributed by atoms with E-state index >= 15 is 0 Å². The summed E-state index contributed by atoms with van der Waals surface area (Å²) < 4.78 is 24.9. The molecule has 1 N–H and O–H groups in total. The Kier molecular flexibility index (Phi) is 4.23. The van der Waals surface area contributed by atoms with Crippen LogP contribution in [0, 0.1) is 0 Å². The second-order valence-electron chi connectivity index (χ2n) is 3.73. The van der Waals surface area contributed by atoms with Crippen molar-refractivity contribution in [2.24, 2.45) is 0 Å². The summed E-state index contributed by atoms with van der Waals surface area (Å²) in [6.45, 7) is 1.38. The van der Waals surface area contributed by atoms with Crippen molar-refractivity contribution >= 4 is 11.3 Å². The van der Waals surface area contributed by atoms with Crippen LogP contribution in [-0.2, 0) is 13.1 Å². The molecule has 90 valence electrons. The Morgan fingerprint density at radius 2 is 2.00 bits per heavy atom. The largest absolute Gasteiger partial charge is 0.308 e. The number of thiophene rings is 1. The van der Waals surface area contributed by atoms with E-state index in [2.05, 4.69) is 5.32 Å². The molecule has 1 aromatic heterocycles. The lowest BCUT2D eigenvalue weighted by Crippen LogP contribution is -2.11. The summed E-state index contributed by atoms with van der Waals surface area (Å²) in [4.78, 5) is 1.25. The molecule has 0 aliphatic heterocycles. The fraction of sp³-hybridized carbons (Fsp3) is 0.231. The smallest absolute Gasteiger partial charge is 0.263 e. The van der Waals surface area contributed by atoms with Crippen molar-refractivity contribution in [2.45, 2.75) is 19.5 Å². The number of hydrogen-bond acceptors (Lipinski definition) is 2. The minimum atomic E-state index is -2.40. The van der Waals surface area contributed by atoms with Crippen LogP contribution in [0.1, 0.15) is 22.4 Å². The second kappa shape index (κ2) is 5.89. The van der Waals surface area contributed by atoms with Crippen molar-refractivity contribution in [1.82, 2.24) is 5.32 Å². The van der Waals surface area contributed by atoms with Crippen molar-refractivity contribution in [3.63, 3.8) is 0 Å². The first-order chi connectivity index (χ1) is 8.25. The number of halogens is 2. The van der Waals surface area contributed by atoms with E-state index < -0.39 is 6.43 Å². The number of rotatable bonds is 5. The third-order valence-corrected chi connectivity index (χ3v) is 3.29. The van der Waals surface area contributed by atoms with Gasteiger partial charge in [-0.25, -0.2) is 8.78 Å². The van der Waals surface area contributed by atoms with Gasteiger partial charge in [0.25, 0.3) is 6.43 Å². The van der Waals surface area contributed by atoms with Gasteiger partial charge in [-0.05, 0) is 23.1 Å². The van der Waals surface area contributed by atoms with Crippen LogP contribution in [0.25, 0.3) is 0 Å². The van der Waals surface area contributed by atoms with E-state index in [1.165, 1.54) is 10.9 Å². The van der Waals surface area contributed by atoms with Gasteiger partial charge in [-0.3, -0.25) is 0 Å². The standard InChI is InChI=1S/C13H13F2NS/c14-13(15)11-4-1-3-10(7-11)8-16-9-12-5-2-6-17-12/h1-7,13,16H,8-9H2. The Morgan fingerprint density at radius 1 is 1.12 bits per heavy atom. The summed E-state index contributed by atoms with van der Waals surface area (Å²) in [5.74, 6) is 0. The first-order valence-corrected chi connectivity index (χ1v) is 6.24. The van der Waals surface area contributed by atoms with Crippen LogP contribution in [0.15, 0.2) is 41.8 Å². The van der Waals surface area contributed by atoms with Crippen molar-refractivity contribution in [1.29, 1.82) is 0 Å². The molecule has 0 aliphatic rings. The maximum absolute atomic E-state index is 12.5. The predicted molar refractivity (Wildman–Crippen MR) is 66.3 cm³/mol. The molecule has 0 radical (unpaired) electrons. The minimum absolute atomic E-state index is 0.0837. The lowest BCUT2D eigenvalue weighted by molar-refractivity contribution is 0.151. The lowest BCUT2D eigenvalue weighted by Gasteiger charge is -2.05. The zero-order chi connectivity index (χ0) is 12.1. The Balaban J connectivity index is 1.88. The Morgan fingerprint density at radius 3 is 2.71 bits per heavy atom. The molecule has 0 unspecified atom stereocenters. The molecule has 0 amide bonds. The van der Waals surface area contributed by atoms with Gasteiger partial charge in [-0.2, -0.15) is 0 Å². The molecule has 0 saturated carbocycles.